The van der Waals surface area contributed by atoms with Gasteiger partial charge in [0.2, 0.25) is 5.95 Å². The second kappa shape index (κ2) is 18.2. The maximum Gasteiger partial charge on any atom is 0.335 e. The van der Waals surface area contributed by atoms with E-state index in [1.165, 1.54) is 4.80 Å². The zero-order valence-electron chi connectivity index (χ0n) is 32.4. The van der Waals surface area contributed by atoms with Gasteiger partial charge in [0, 0.05) is 44.6 Å². The van der Waals surface area contributed by atoms with E-state index in [0.29, 0.717) is 80.6 Å². The van der Waals surface area contributed by atoms with E-state index in [2.05, 4.69) is 55.6 Å². The molecule has 2 aliphatic rings. The van der Waals surface area contributed by atoms with Gasteiger partial charge in [0.1, 0.15) is 18.2 Å². The summed E-state index contributed by atoms with van der Waals surface area (Å²) in [6.45, 7) is 3.86. The zero-order valence-corrected chi connectivity index (χ0v) is 33.2. The Morgan fingerprint density at radius 1 is 0.915 bits per heavy atom. The summed E-state index contributed by atoms with van der Waals surface area (Å²) in [6.07, 6.45) is 1.46. The van der Waals surface area contributed by atoms with Crippen LogP contribution in [0.1, 0.15) is 70.6 Å². The van der Waals surface area contributed by atoms with E-state index in [9.17, 15) is 19.8 Å². The number of anilines is 2. The molecule has 0 spiro atoms. The lowest BCUT2D eigenvalue weighted by Crippen LogP contribution is -2.44. The Balaban J connectivity index is 0.00000528. The maximum atomic E-state index is 12.9. The van der Waals surface area contributed by atoms with Crippen molar-refractivity contribution in [3.8, 4) is 0 Å². The van der Waals surface area contributed by atoms with Gasteiger partial charge in [0.05, 0.1) is 17.9 Å². The summed E-state index contributed by atoms with van der Waals surface area (Å²) < 4.78 is 1.80. The minimum Gasteiger partial charge on any atom is -0.478 e. The molecule has 59 heavy (non-hydrogen) atoms. The molecule has 1 saturated carbocycles. The highest BCUT2D eigenvalue weighted by molar-refractivity contribution is 5.87. The number of carbonyl (C=O) groups is 2. The molecular weight excluding hydrogens is 776 g/mol. The zero-order chi connectivity index (χ0) is 40.2. The number of halogens is 1. The molecule has 308 valence electrons. The van der Waals surface area contributed by atoms with E-state index < -0.39 is 30.3 Å². The average molecular weight is 823 g/mol. The molecule has 18 heteroatoms. The Kier molecular flexibility index (Phi) is 12.6. The van der Waals surface area contributed by atoms with Crippen LogP contribution in [0.25, 0.3) is 11.2 Å². The van der Waals surface area contributed by atoms with Crippen LogP contribution in [-0.2, 0) is 12.8 Å². The van der Waals surface area contributed by atoms with Crippen molar-refractivity contribution in [2.75, 3.05) is 36.4 Å². The molecule has 0 bridgehead atoms. The molecule has 6 aromatic rings. The number of aromatic nitrogens is 8. The number of rotatable bonds is 14. The lowest BCUT2D eigenvalue weighted by molar-refractivity contribution is 0.00473. The number of carboxylic acid groups (broad SMARTS) is 1. The first-order chi connectivity index (χ1) is 28.2. The van der Waals surface area contributed by atoms with Crippen LogP contribution in [-0.4, -0.2) is 111 Å². The van der Waals surface area contributed by atoms with Crippen LogP contribution in [0.3, 0.4) is 0 Å². The van der Waals surface area contributed by atoms with Gasteiger partial charge in [-0.25, -0.2) is 14.6 Å². The third-order valence-corrected chi connectivity index (χ3v) is 11.1. The smallest absolute Gasteiger partial charge is 0.335 e. The van der Waals surface area contributed by atoms with Crippen LogP contribution in [0.2, 0.25) is 0 Å². The topological polar surface area (TPSA) is 221 Å². The van der Waals surface area contributed by atoms with Crippen molar-refractivity contribution in [1.82, 2.24) is 50.4 Å². The van der Waals surface area contributed by atoms with Gasteiger partial charge < -0.3 is 40.7 Å². The third-order valence-electron chi connectivity index (χ3n) is 11.1. The fraction of sp³-hybridized carbons (Fsp3) is 0.366. The number of carbonyl (C=O) groups excluding carboxylic acids is 1. The Bertz CT molecular complexity index is 2310. The number of aryl methyl sites for hydroxylation is 1. The highest BCUT2D eigenvalue weighted by Gasteiger charge is 2.45. The highest BCUT2D eigenvalue weighted by atomic mass is 35.5. The number of tetrazole rings is 1. The van der Waals surface area contributed by atoms with Gasteiger partial charge in [0.25, 0.3) is 0 Å². The average Bonchev–Trinajstić information content (AvgIpc) is 4.06. The Labute approximate surface area is 346 Å². The normalized spacial score (nSPS) is 20.1. The molecule has 1 unspecified atom stereocenters. The van der Waals surface area contributed by atoms with Gasteiger partial charge in [-0.05, 0) is 53.3 Å². The van der Waals surface area contributed by atoms with Crippen molar-refractivity contribution < 1.29 is 24.9 Å². The van der Waals surface area contributed by atoms with Crippen molar-refractivity contribution in [1.29, 1.82) is 0 Å². The molecule has 1 saturated heterocycles. The van der Waals surface area contributed by atoms with Crippen LogP contribution in [0, 0.1) is 0 Å². The van der Waals surface area contributed by atoms with Gasteiger partial charge in [-0.3, -0.25) is 0 Å². The number of benzene rings is 3. The first kappa shape index (κ1) is 41.0. The second-order valence-electron chi connectivity index (χ2n) is 14.8. The molecule has 1 aliphatic carbocycles. The van der Waals surface area contributed by atoms with Crippen LogP contribution < -0.4 is 20.9 Å². The summed E-state index contributed by atoms with van der Waals surface area (Å²) in [4.78, 5) is 42.3. The summed E-state index contributed by atoms with van der Waals surface area (Å²) >= 11 is 0. The molecule has 0 radical (unpaired) electrons. The second-order valence-corrected chi connectivity index (χ2v) is 14.8. The maximum absolute atomic E-state index is 12.9. The highest BCUT2D eigenvalue weighted by Crippen LogP contribution is 2.40. The van der Waals surface area contributed by atoms with Gasteiger partial charge >= 0.3 is 12.0 Å². The fourth-order valence-electron chi connectivity index (χ4n) is 7.87. The molecule has 2 amide bonds. The van der Waals surface area contributed by atoms with E-state index in [1.807, 2.05) is 48.2 Å². The minimum atomic E-state index is -1.16. The Morgan fingerprint density at radius 2 is 1.61 bits per heavy atom. The first-order valence-corrected chi connectivity index (χ1v) is 19.6. The molecule has 2 fully saturated rings. The molecule has 17 nitrogen and oxygen atoms in total. The van der Waals surface area contributed by atoms with E-state index in [1.54, 1.807) is 35.2 Å². The van der Waals surface area contributed by atoms with E-state index in [4.69, 9.17) is 20.1 Å². The predicted molar refractivity (Wildman–Crippen MR) is 222 cm³/mol. The number of imidazole rings is 1. The van der Waals surface area contributed by atoms with Crippen molar-refractivity contribution in [3.63, 3.8) is 0 Å². The number of urea groups is 1. The number of hydrogen-bond donors (Lipinski definition) is 6. The summed E-state index contributed by atoms with van der Waals surface area (Å²) in [7, 11) is 0. The number of aliphatic hydroxyl groups is 2. The number of aliphatic hydroxyl groups excluding tert-OH is 2. The van der Waals surface area contributed by atoms with Crippen LogP contribution in [0.4, 0.5) is 16.6 Å². The molecule has 6 N–H and O–H groups in total. The minimum absolute atomic E-state index is 0. The predicted octanol–water partition coefficient (Wildman–Crippen LogP) is 3.77. The number of nitrogens with one attached hydrogen (secondary N) is 3. The Hall–Kier alpha value is -6.17. The number of fused-ring (bicyclic) bond motifs is 1. The molecule has 3 aromatic heterocycles. The summed E-state index contributed by atoms with van der Waals surface area (Å²) in [5.41, 5.74) is 4.43. The van der Waals surface area contributed by atoms with Crippen molar-refractivity contribution in [2.24, 2.45) is 0 Å². The van der Waals surface area contributed by atoms with E-state index in [-0.39, 0.29) is 36.0 Å². The van der Waals surface area contributed by atoms with Crippen molar-refractivity contribution in [3.05, 3.63) is 119 Å². The van der Waals surface area contributed by atoms with Gasteiger partial charge in [-0.2, -0.15) is 14.8 Å². The summed E-state index contributed by atoms with van der Waals surface area (Å²) in [6, 6.07) is 25.5. The molecule has 4 heterocycles. The fourth-order valence-corrected chi connectivity index (χ4v) is 7.87. The number of nitrogens with zero attached hydrogens (tertiary/aromatic N) is 9. The molecule has 1 aliphatic heterocycles. The van der Waals surface area contributed by atoms with Gasteiger partial charge in [-0.1, -0.05) is 79.7 Å². The van der Waals surface area contributed by atoms with Crippen LogP contribution >= 0.6 is 12.4 Å². The van der Waals surface area contributed by atoms with E-state index in [0.717, 1.165) is 16.7 Å². The van der Waals surface area contributed by atoms with Crippen molar-refractivity contribution in [2.45, 2.75) is 68.9 Å². The number of carboxylic acids is 1. The van der Waals surface area contributed by atoms with Gasteiger partial charge in [0.15, 0.2) is 22.8 Å². The number of aromatic carboxylic acids is 1. The van der Waals surface area contributed by atoms with E-state index >= 15 is 0 Å². The Morgan fingerprint density at radius 3 is 2.27 bits per heavy atom. The molecule has 8 rings (SSSR count). The third kappa shape index (κ3) is 8.96. The van der Waals surface area contributed by atoms with Crippen LogP contribution in [0.5, 0.6) is 0 Å². The standard InChI is InChI=1S/C41H46N12O5.ClH/c1-2-33-48-50-53(49-33)32-21-31(35(54)36(32)55)52-24-44-34-37(43-22-30(26-9-5-3-6-10-26)27-11-7-4-8-12-27)46-40(47-38(34)52)51-20-18-29(23-51)45-41(58)42-19-17-25-13-15-28(16-14-25)39(56)57;/h3-16,24,29-32,35-36,54-55H,2,17-23H2,1H3,(H,56,57)(H2,42,45,58)(H,43,46,47);1H/t29?,31-,32+,35+,36-;/m1./s1. The summed E-state index contributed by atoms with van der Waals surface area (Å²) in [5.74, 6) is 0.535. The summed E-state index contributed by atoms with van der Waals surface area (Å²) in [5, 5.41) is 54.0. The number of hydrogen-bond acceptors (Lipinski definition) is 12. The molecular formula is C41H47ClN12O5. The lowest BCUT2D eigenvalue weighted by atomic mass is 9.91. The number of amides is 2. The molecule has 5 atom stereocenters. The largest absolute Gasteiger partial charge is 0.478 e. The monoisotopic (exact) mass is 822 g/mol. The molecule has 3 aromatic carbocycles. The quantitative estimate of drug-likeness (QED) is 0.0923. The van der Waals surface area contributed by atoms with Gasteiger partial charge in [-0.15, -0.1) is 22.6 Å². The first-order valence-electron chi connectivity index (χ1n) is 19.6. The van der Waals surface area contributed by atoms with Crippen LogP contribution in [0.15, 0.2) is 91.3 Å². The van der Waals surface area contributed by atoms with Crippen molar-refractivity contribution >= 4 is 47.3 Å². The SMILES string of the molecule is CCc1nnn([C@H]2C[C@@H](n3cnc4c(NCC(c5ccccc5)c5ccccc5)nc(N5CCC(NC(=O)NCCc6ccc(C(=O)O)cc6)C5)nc43)[C@H](O)[C@@H]2O)n1.Cl. The lowest BCUT2D eigenvalue weighted by Gasteiger charge is -2.22.